The smallest absolute Gasteiger partial charge is 0.286 e. The Kier molecular flexibility index (Phi) is 6.77. The van der Waals surface area contributed by atoms with Gasteiger partial charge in [0.1, 0.15) is 10.7 Å². The highest BCUT2D eigenvalue weighted by Gasteiger charge is 2.25. The van der Waals surface area contributed by atoms with Crippen molar-refractivity contribution in [3.63, 3.8) is 0 Å². The molecule has 0 fully saturated rings. The van der Waals surface area contributed by atoms with Gasteiger partial charge >= 0.3 is 0 Å². The number of para-hydroxylation sites is 1. The molecule has 1 heterocycles. The quantitative estimate of drug-likeness (QED) is 0.541. The average molecular weight is 465 g/mol. The number of sulfonamides is 2. The van der Waals surface area contributed by atoms with Crippen molar-refractivity contribution in [3.05, 3.63) is 54.1 Å². The Labute approximate surface area is 181 Å². The second-order valence-corrected chi connectivity index (χ2v) is 10.6. The molecule has 2 aromatic rings. The summed E-state index contributed by atoms with van der Waals surface area (Å²) in [5, 5.41) is 10.9. The van der Waals surface area contributed by atoms with E-state index < -0.39 is 20.0 Å². The third-order valence-electron chi connectivity index (χ3n) is 4.74. The first-order chi connectivity index (χ1) is 14.5. The Morgan fingerprint density at radius 1 is 1.16 bits per heavy atom. The minimum absolute atomic E-state index is 0.0398. The molecule has 1 unspecified atom stereocenters. The molecule has 1 aliphatic heterocycles. The molecule has 3 rings (SSSR count). The van der Waals surface area contributed by atoms with E-state index in [2.05, 4.69) is 15.0 Å². The number of rotatable bonds is 8. The molecule has 0 saturated carbocycles. The zero-order valence-corrected chi connectivity index (χ0v) is 18.5. The van der Waals surface area contributed by atoms with Gasteiger partial charge in [0.05, 0.1) is 10.6 Å². The number of anilines is 1. The minimum Gasteiger partial charge on any atom is -0.356 e. The molecule has 2 aromatic carbocycles. The van der Waals surface area contributed by atoms with Gasteiger partial charge in [-0.25, -0.2) is 13.6 Å². The molecule has 0 aliphatic carbocycles. The van der Waals surface area contributed by atoms with E-state index in [9.17, 15) is 21.6 Å². The highest BCUT2D eigenvalue weighted by Crippen LogP contribution is 2.28. The van der Waals surface area contributed by atoms with Crippen LogP contribution in [0.2, 0.25) is 0 Å². The Hall–Kier alpha value is -2.76. The predicted molar refractivity (Wildman–Crippen MR) is 118 cm³/mol. The van der Waals surface area contributed by atoms with E-state index in [1.54, 1.807) is 30.3 Å². The summed E-state index contributed by atoms with van der Waals surface area (Å²) in [6.07, 6.45) is 1.07. The number of hydrogen-bond donors (Lipinski definition) is 3. The number of primary sulfonamides is 1. The van der Waals surface area contributed by atoms with Crippen LogP contribution in [0.15, 0.2) is 62.7 Å². The van der Waals surface area contributed by atoms with Crippen LogP contribution in [0.3, 0.4) is 0 Å². The van der Waals surface area contributed by atoms with Gasteiger partial charge in [0.25, 0.3) is 10.0 Å². The van der Waals surface area contributed by atoms with Gasteiger partial charge in [-0.1, -0.05) is 31.2 Å². The highest BCUT2D eigenvalue weighted by atomic mass is 32.2. The first kappa shape index (κ1) is 22.9. The van der Waals surface area contributed by atoms with Crippen molar-refractivity contribution in [2.75, 3.05) is 11.9 Å². The van der Waals surface area contributed by atoms with Crippen LogP contribution in [0, 0.1) is 5.92 Å². The fourth-order valence-corrected chi connectivity index (χ4v) is 4.91. The van der Waals surface area contributed by atoms with Crippen molar-refractivity contribution in [1.29, 1.82) is 0 Å². The van der Waals surface area contributed by atoms with Crippen LogP contribution in [0.25, 0.3) is 0 Å². The molecule has 0 aromatic heterocycles. The molecular formula is C20H24N4O5S2. The fraction of sp³-hybridized carbons (Fsp3) is 0.300. The Balaban J connectivity index is 1.47. The standard InChI is InChI=1S/C20H24N4O5S2/c1-14(12-19-23-17-4-2-3-5-18(17)31(28,29)24-19)13-20(25)22-11-10-15-6-8-16(9-7-15)30(21,26)27/h2-9,14H,10-13H2,1H3,(H,22,25)(H,23,24)(H2,21,26,27). The van der Waals surface area contributed by atoms with Crippen LogP contribution in [0.4, 0.5) is 5.69 Å². The molecule has 166 valence electrons. The number of hydrogen-bond acceptors (Lipinski definition) is 6. The molecular weight excluding hydrogens is 440 g/mol. The third-order valence-corrected chi connectivity index (χ3v) is 7.04. The summed E-state index contributed by atoms with van der Waals surface area (Å²) in [7, 11) is -7.47. The number of carbonyl (C=O) groups is 1. The highest BCUT2D eigenvalue weighted by molar-refractivity contribution is 7.90. The normalized spacial score (nSPS) is 15.9. The second kappa shape index (κ2) is 9.16. The van der Waals surface area contributed by atoms with Crippen molar-refractivity contribution < 1.29 is 21.6 Å². The lowest BCUT2D eigenvalue weighted by Gasteiger charge is -2.20. The topological polar surface area (TPSA) is 148 Å². The monoisotopic (exact) mass is 464 g/mol. The summed E-state index contributed by atoms with van der Waals surface area (Å²) in [6.45, 7) is 2.24. The number of nitrogens with zero attached hydrogens (tertiary/aromatic N) is 1. The molecule has 1 aliphatic rings. The summed E-state index contributed by atoms with van der Waals surface area (Å²) in [5.74, 6) is 0.0306. The van der Waals surface area contributed by atoms with Gasteiger partial charge in [0.2, 0.25) is 15.9 Å². The number of carbonyl (C=O) groups excluding carboxylic acids is 1. The number of benzene rings is 2. The molecule has 0 radical (unpaired) electrons. The lowest BCUT2D eigenvalue weighted by atomic mass is 10.0. The zero-order chi connectivity index (χ0) is 22.6. The first-order valence-electron chi connectivity index (χ1n) is 9.63. The lowest BCUT2D eigenvalue weighted by Crippen LogP contribution is -2.29. The zero-order valence-electron chi connectivity index (χ0n) is 16.9. The molecule has 0 saturated heterocycles. The van der Waals surface area contributed by atoms with E-state index in [-0.39, 0.29) is 28.0 Å². The molecule has 9 nitrogen and oxygen atoms in total. The van der Waals surface area contributed by atoms with Crippen molar-refractivity contribution in [1.82, 2.24) is 5.32 Å². The van der Waals surface area contributed by atoms with Crippen LogP contribution in [0.5, 0.6) is 0 Å². The number of nitrogens with one attached hydrogen (secondary N) is 2. The SMILES string of the molecule is CC(CC(=O)NCCc1ccc(S(N)(=O)=O)cc1)CC1=NS(=O)(=O)c2ccccc2N1. The Bertz CT molecular complexity index is 1210. The summed E-state index contributed by atoms with van der Waals surface area (Å²) in [6, 6.07) is 12.7. The Morgan fingerprint density at radius 3 is 2.52 bits per heavy atom. The van der Waals surface area contributed by atoms with Gasteiger partial charge in [0, 0.05) is 19.4 Å². The largest absolute Gasteiger partial charge is 0.356 e. The molecule has 1 atom stereocenters. The van der Waals surface area contributed by atoms with Crippen molar-refractivity contribution in [2.45, 2.75) is 36.0 Å². The van der Waals surface area contributed by atoms with Crippen LogP contribution in [-0.4, -0.2) is 35.1 Å². The summed E-state index contributed by atoms with van der Waals surface area (Å²) in [4.78, 5) is 12.4. The maximum absolute atomic E-state index is 12.3. The molecule has 0 bridgehead atoms. The van der Waals surface area contributed by atoms with Crippen molar-refractivity contribution in [2.24, 2.45) is 15.5 Å². The first-order valence-corrected chi connectivity index (χ1v) is 12.6. The second-order valence-electron chi connectivity index (χ2n) is 7.44. The van der Waals surface area contributed by atoms with E-state index >= 15 is 0 Å². The van der Waals surface area contributed by atoms with Gasteiger partial charge < -0.3 is 10.6 Å². The van der Waals surface area contributed by atoms with E-state index in [0.717, 1.165) is 5.56 Å². The van der Waals surface area contributed by atoms with Gasteiger partial charge in [-0.2, -0.15) is 8.42 Å². The number of nitrogens with two attached hydrogens (primary N) is 1. The third kappa shape index (κ3) is 6.12. The minimum atomic E-state index is -3.74. The molecule has 31 heavy (non-hydrogen) atoms. The molecule has 0 spiro atoms. The number of fused-ring (bicyclic) bond motifs is 1. The van der Waals surface area contributed by atoms with E-state index in [4.69, 9.17) is 5.14 Å². The van der Waals surface area contributed by atoms with E-state index in [1.807, 2.05) is 6.92 Å². The lowest BCUT2D eigenvalue weighted by molar-refractivity contribution is -0.121. The van der Waals surface area contributed by atoms with Crippen LogP contribution in [0.1, 0.15) is 25.3 Å². The van der Waals surface area contributed by atoms with Crippen LogP contribution >= 0.6 is 0 Å². The molecule has 11 heteroatoms. The van der Waals surface area contributed by atoms with E-state index in [0.29, 0.717) is 30.9 Å². The average Bonchev–Trinajstić information content (AvgIpc) is 2.67. The molecule has 4 N–H and O–H groups in total. The van der Waals surface area contributed by atoms with Gasteiger partial charge in [-0.15, -0.1) is 4.40 Å². The van der Waals surface area contributed by atoms with Crippen molar-refractivity contribution in [3.8, 4) is 0 Å². The van der Waals surface area contributed by atoms with Gasteiger partial charge in [-0.05, 0) is 42.2 Å². The summed E-state index contributed by atoms with van der Waals surface area (Å²) >= 11 is 0. The fourth-order valence-electron chi connectivity index (χ4n) is 3.24. The Morgan fingerprint density at radius 2 is 1.84 bits per heavy atom. The molecule has 1 amide bonds. The maximum Gasteiger partial charge on any atom is 0.286 e. The summed E-state index contributed by atoms with van der Waals surface area (Å²) in [5.41, 5.74) is 1.35. The number of amides is 1. The number of amidine groups is 1. The van der Waals surface area contributed by atoms with Gasteiger partial charge in [-0.3, -0.25) is 4.79 Å². The van der Waals surface area contributed by atoms with Crippen LogP contribution < -0.4 is 15.8 Å². The van der Waals surface area contributed by atoms with Gasteiger partial charge in [0.15, 0.2) is 0 Å². The summed E-state index contributed by atoms with van der Waals surface area (Å²) < 4.78 is 50.9. The van der Waals surface area contributed by atoms with Crippen LogP contribution in [-0.2, 0) is 31.3 Å². The van der Waals surface area contributed by atoms with Crippen molar-refractivity contribution >= 4 is 37.5 Å². The van der Waals surface area contributed by atoms with E-state index in [1.165, 1.54) is 18.2 Å². The maximum atomic E-state index is 12.3. The predicted octanol–water partition coefficient (Wildman–Crippen LogP) is 1.62.